The maximum atomic E-state index is 13.2. The Hall–Kier alpha value is -2.70. The van der Waals surface area contributed by atoms with E-state index in [1.807, 2.05) is 6.08 Å². The van der Waals surface area contributed by atoms with Crippen molar-refractivity contribution in [3.8, 4) is 0 Å². The van der Waals surface area contributed by atoms with Crippen molar-refractivity contribution in [2.45, 2.75) is 277 Å². The van der Waals surface area contributed by atoms with Crippen molar-refractivity contribution in [1.82, 2.24) is 5.32 Å². The minimum absolute atomic E-state index is 0.00492. The lowest BCUT2D eigenvalue weighted by Gasteiger charge is -2.24. The Bertz CT molecular complexity index is 1190. The number of ether oxygens (including phenoxy) is 1. The number of allylic oxidation sites excluding steroid dienone is 11. The SMILES string of the molecule is CCCCC/C=C\C/C=C\C/C=C\C/C=C\CC(CC(=O)NC(CO)C(O)CCCCCCCCCCCCCCCCC)OC(=O)CCCCCCCC/C=C/C=C/CCCCC. The van der Waals surface area contributed by atoms with Crippen molar-refractivity contribution in [3.63, 3.8) is 0 Å². The van der Waals surface area contributed by atoms with Gasteiger partial charge in [-0.1, -0.05) is 241 Å². The van der Waals surface area contributed by atoms with Crippen LogP contribution < -0.4 is 5.32 Å². The van der Waals surface area contributed by atoms with E-state index in [-0.39, 0.29) is 24.9 Å². The van der Waals surface area contributed by atoms with Crippen molar-refractivity contribution in [1.29, 1.82) is 0 Å². The Morgan fingerprint density at radius 3 is 1.38 bits per heavy atom. The predicted octanol–water partition coefficient (Wildman–Crippen LogP) is 16.6. The van der Waals surface area contributed by atoms with Gasteiger partial charge in [0.05, 0.1) is 25.2 Å². The summed E-state index contributed by atoms with van der Waals surface area (Å²) >= 11 is 0. The lowest BCUT2D eigenvalue weighted by atomic mass is 10.0. The zero-order valence-corrected chi connectivity index (χ0v) is 42.1. The number of aliphatic hydroxyl groups excluding tert-OH is 2. The fourth-order valence-corrected chi connectivity index (χ4v) is 7.87. The topological polar surface area (TPSA) is 95.9 Å². The predicted molar refractivity (Wildman–Crippen MR) is 278 cm³/mol. The van der Waals surface area contributed by atoms with Gasteiger partial charge < -0.3 is 20.3 Å². The maximum Gasteiger partial charge on any atom is 0.306 e. The van der Waals surface area contributed by atoms with Gasteiger partial charge in [-0.15, -0.1) is 0 Å². The molecule has 3 N–H and O–H groups in total. The number of hydrogen-bond donors (Lipinski definition) is 3. The molecular formula is C58H103NO5. The van der Waals surface area contributed by atoms with E-state index < -0.39 is 18.2 Å². The zero-order chi connectivity index (χ0) is 46.7. The summed E-state index contributed by atoms with van der Waals surface area (Å²) in [5.41, 5.74) is 0. The van der Waals surface area contributed by atoms with Gasteiger partial charge in [-0.3, -0.25) is 9.59 Å². The lowest BCUT2D eigenvalue weighted by molar-refractivity contribution is -0.150. The van der Waals surface area contributed by atoms with Crippen LogP contribution in [0.2, 0.25) is 0 Å². The zero-order valence-electron chi connectivity index (χ0n) is 42.1. The van der Waals surface area contributed by atoms with Crippen LogP contribution in [0.1, 0.15) is 258 Å². The number of esters is 1. The summed E-state index contributed by atoms with van der Waals surface area (Å²) in [7, 11) is 0. The number of unbranched alkanes of at least 4 members (excludes halogenated alkanes) is 26. The molecule has 0 aromatic heterocycles. The van der Waals surface area contributed by atoms with Crippen LogP contribution in [-0.2, 0) is 14.3 Å². The highest BCUT2D eigenvalue weighted by molar-refractivity contribution is 5.77. The highest BCUT2D eigenvalue weighted by Gasteiger charge is 2.23. The van der Waals surface area contributed by atoms with Gasteiger partial charge in [0.2, 0.25) is 5.91 Å². The van der Waals surface area contributed by atoms with Gasteiger partial charge in [0.25, 0.3) is 0 Å². The van der Waals surface area contributed by atoms with E-state index in [2.05, 4.69) is 92.9 Å². The first-order valence-corrected chi connectivity index (χ1v) is 27.2. The van der Waals surface area contributed by atoms with Gasteiger partial charge in [-0.05, 0) is 70.6 Å². The molecule has 0 radical (unpaired) electrons. The van der Waals surface area contributed by atoms with Crippen LogP contribution in [0.3, 0.4) is 0 Å². The summed E-state index contributed by atoms with van der Waals surface area (Å²) in [5, 5.41) is 23.8. The fourth-order valence-electron chi connectivity index (χ4n) is 7.87. The normalized spacial score (nSPS) is 13.8. The lowest BCUT2D eigenvalue weighted by Crippen LogP contribution is -2.46. The van der Waals surface area contributed by atoms with Gasteiger partial charge in [0, 0.05) is 12.8 Å². The second-order valence-electron chi connectivity index (χ2n) is 18.3. The van der Waals surface area contributed by atoms with Crippen molar-refractivity contribution in [2.75, 3.05) is 6.61 Å². The molecule has 3 atom stereocenters. The van der Waals surface area contributed by atoms with Gasteiger partial charge >= 0.3 is 5.97 Å². The number of rotatable bonds is 48. The van der Waals surface area contributed by atoms with Gasteiger partial charge in [-0.25, -0.2) is 0 Å². The van der Waals surface area contributed by atoms with Crippen LogP contribution in [0.4, 0.5) is 0 Å². The average Bonchev–Trinajstić information content (AvgIpc) is 3.29. The van der Waals surface area contributed by atoms with E-state index in [1.54, 1.807) is 0 Å². The third kappa shape index (κ3) is 45.9. The average molecular weight is 894 g/mol. The summed E-state index contributed by atoms with van der Waals surface area (Å²) in [4.78, 5) is 26.2. The molecule has 0 heterocycles. The Morgan fingerprint density at radius 2 is 0.875 bits per heavy atom. The summed E-state index contributed by atoms with van der Waals surface area (Å²) < 4.78 is 5.87. The minimum atomic E-state index is -0.816. The van der Waals surface area contributed by atoms with Crippen molar-refractivity contribution in [2.24, 2.45) is 0 Å². The Kier molecular flexibility index (Phi) is 49.1. The molecule has 3 unspecified atom stereocenters. The first kappa shape index (κ1) is 61.3. The van der Waals surface area contributed by atoms with Crippen LogP contribution in [0.25, 0.3) is 0 Å². The van der Waals surface area contributed by atoms with E-state index in [1.165, 1.54) is 148 Å². The third-order valence-corrected chi connectivity index (χ3v) is 12.0. The van der Waals surface area contributed by atoms with Crippen molar-refractivity contribution < 1.29 is 24.5 Å². The number of carbonyl (C=O) groups is 2. The molecule has 6 heteroatoms. The minimum Gasteiger partial charge on any atom is -0.461 e. The van der Waals surface area contributed by atoms with E-state index >= 15 is 0 Å². The third-order valence-electron chi connectivity index (χ3n) is 12.0. The molecule has 0 spiro atoms. The van der Waals surface area contributed by atoms with E-state index in [4.69, 9.17) is 4.74 Å². The van der Waals surface area contributed by atoms with Crippen LogP contribution in [0, 0.1) is 0 Å². The Morgan fingerprint density at radius 1 is 0.484 bits per heavy atom. The largest absolute Gasteiger partial charge is 0.461 e. The second-order valence-corrected chi connectivity index (χ2v) is 18.3. The second kappa shape index (κ2) is 51.3. The molecule has 0 aliphatic rings. The van der Waals surface area contributed by atoms with Crippen LogP contribution in [-0.4, -0.2) is 46.9 Å². The Balaban J connectivity index is 4.70. The van der Waals surface area contributed by atoms with Crippen LogP contribution in [0.5, 0.6) is 0 Å². The molecule has 6 nitrogen and oxygen atoms in total. The Labute approximate surface area is 396 Å². The molecule has 1 amide bonds. The number of carbonyl (C=O) groups excluding carboxylic acids is 2. The van der Waals surface area contributed by atoms with Gasteiger partial charge in [0.1, 0.15) is 6.10 Å². The highest BCUT2D eigenvalue weighted by atomic mass is 16.5. The smallest absolute Gasteiger partial charge is 0.306 e. The molecule has 0 saturated carbocycles. The molecule has 0 aromatic carbocycles. The quantitative estimate of drug-likeness (QED) is 0.0245. The molecule has 0 aromatic rings. The number of amides is 1. The molecule has 0 aliphatic heterocycles. The molecule has 0 aliphatic carbocycles. The summed E-state index contributed by atoms with van der Waals surface area (Å²) in [6, 6.07) is -0.736. The summed E-state index contributed by atoms with van der Waals surface area (Å²) in [6.07, 6.45) is 65.4. The highest BCUT2D eigenvalue weighted by Crippen LogP contribution is 2.16. The molecular weight excluding hydrogens is 791 g/mol. The maximum absolute atomic E-state index is 13.2. The van der Waals surface area contributed by atoms with Gasteiger partial charge in [0.15, 0.2) is 0 Å². The molecule has 64 heavy (non-hydrogen) atoms. The molecule has 370 valence electrons. The van der Waals surface area contributed by atoms with Gasteiger partial charge in [-0.2, -0.15) is 0 Å². The molecule has 0 bridgehead atoms. The van der Waals surface area contributed by atoms with Crippen LogP contribution in [0.15, 0.2) is 72.9 Å². The standard InChI is InChI=1S/C58H103NO5/c1-4-7-10-13-16-19-22-25-28-31-34-37-40-43-46-49-54(64-58(63)51-48-45-42-39-36-33-30-27-24-21-18-15-12-9-6-3)52-57(62)59-55(53-60)56(61)50-47-44-41-38-35-32-29-26-23-20-17-14-11-8-5-2/h16,18-19,21,24-25,27-28,34,37,43,46,54-56,60-61H,4-15,17,20,22-23,26,29-33,35-36,38-42,44-45,47-53H2,1-3H3,(H,59,62)/b19-16-,21-18+,27-24+,28-25-,37-34-,46-43-. The first-order valence-electron chi connectivity index (χ1n) is 27.2. The van der Waals surface area contributed by atoms with Crippen molar-refractivity contribution in [3.05, 3.63) is 72.9 Å². The molecule has 0 saturated heterocycles. The summed E-state index contributed by atoms with van der Waals surface area (Å²) in [6.45, 7) is 6.41. The van der Waals surface area contributed by atoms with Crippen LogP contribution >= 0.6 is 0 Å². The van der Waals surface area contributed by atoms with E-state index in [9.17, 15) is 19.8 Å². The fraction of sp³-hybridized carbons (Fsp3) is 0.759. The number of nitrogens with one attached hydrogen (secondary N) is 1. The first-order chi connectivity index (χ1) is 31.5. The number of hydrogen-bond acceptors (Lipinski definition) is 5. The monoisotopic (exact) mass is 894 g/mol. The molecule has 0 fully saturated rings. The number of aliphatic hydroxyl groups is 2. The van der Waals surface area contributed by atoms with Crippen molar-refractivity contribution >= 4 is 11.9 Å². The molecule has 0 rings (SSSR count). The van der Waals surface area contributed by atoms with E-state index in [0.29, 0.717) is 19.3 Å². The summed E-state index contributed by atoms with van der Waals surface area (Å²) in [5.74, 6) is -0.588. The van der Waals surface area contributed by atoms with E-state index in [0.717, 1.165) is 64.2 Å².